The van der Waals surface area contributed by atoms with Crippen LogP contribution in [0.1, 0.15) is 23.3 Å². The van der Waals surface area contributed by atoms with E-state index in [1.807, 2.05) is 30.3 Å². The molecule has 0 bridgehead atoms. The first-order valence-electron chi connectivity index (χ1n) is 9.17. The van der Waals surface area contributed by atoms with Crippen LogP contribution in [0.25, 0.3) is 11.3 Å². The fraction of sp³-hybridized carbons (Fsp3) is 0.300. The molecule has 1 aliphatic rings. The summed E-state index contributed by atoms with van der Waals surface area (Å²) in [5.41, 5.74) is 2.67. The first-order valence-corrected chi connectivity index (χ1v) is 9.55. The summed E-state index contributed by atoms with van der Waals surface area (Å²) < 4.78 is 0. The van der Waals surface area contributed by atoms with Crippen molar-refractivity contribution in [1.29, 1.82) is 0 Å². The van der Waals surface area contributed by atoms with E-state index in [9.17, 15) is 4.79 Å². The van der Waals surface area contributed by atoms with Crippen molar-refractivity contribution in [2.45, 2.75) is 12.8 Å². The van der Waals surface area contributed by atoms with E-state index in [0.717, 1.165) is 48.0 Å². The predicted molar refractivity (Wildman–Crippen MR) is 107 cm³/mol. The van der Waals surface area contributed by atoms with Gasteiger partial charge in [0.2, 0.25) is 0 Å². The molecule has 6 nitrogen and oxygen atoms in total. The molecule has 3 N–H and O–H groups in total. The molecule has 7 heteroatoms. The maximum Gasteiger partial charge on any atom is 0.267 e. The molecule has 0 unspecified atom stereocenters. The van der Waals surface area contributed by atoms with Crippen molar-refractivity contribution < 1.29 is 4.79 Å². The number of hydrogen-bond donors (Lipinski definition) is 3. The third-order valence-corrected chi connectivity index (χ3v) is 5.30. The highest BCUT2D eigenvalue weighted by Gasteiger charge is 2.22. The van der Waals surface area contributed by atoms with Crippen LogP contribution in [0.2, 0.25) is 5.02 Å². The molecule has 27 heavy (non-hydrogen) atoms. The van der Waals surface area contributed by atoms with Gasteiger partial charge in [0.1, 0.15) is 5.69 Å². The molecule has 0 radical (unpaired) electrons. The lowest BCUT2D eigenvalue weighted by atomic mass is 9.96. The van der Waals surface area contributed by atoms with Gasteiger partial charge in [0, 0.05) is 36.9 Å². The number of nitrogens with one attached hydrogen (secondary N) is 3. The lowest BCUT2D eigenvalue weighted by Crippen LogP contribution is -2.38. The van der Waals surface area contributed by atoms with Crippen LogP contribution in [-0.2, 0) is 0 Å². The molecule has 2 aromatic heterocycles. The summed E-state index contributed by atoms with van der Waals surface area (Å²) in [6.45, 7) is 2.59. The normalized spacial score (nSPS) is 15.1. The number of benzene rings is 1. The maximum absolute atomic E-state index is 12.0. The van der Waals surface area contributed by atoms with Crippen molar-refractivity contribution >= 4 is 23.3 Å². The van der Waals surface area contributed by atoms with Crippen LogP contribution >= 0.6 is 11.6 Å². The monoisotopic (exact) mass is 383 g/mol. The second-order valence-corrected chi connectivity index (χ2v) is 7.31. The predicted octanol–water partition coefficient (Wildman–Crippen LogP) is 3.70. The van der Waals surface area contributed by atoms with Crippen LogP contribution in [-0.4, -0.2) is 40.7 Å². The van der Waals surface area contributed by atoms with Crippen molar-refractivity contribution in [2.24, 2.45) is 5.92 Å². The third-order valence-electron chi connectivity index (χ3n) is 5.05. The summed E-state index contributed by atoms with van der Waals surface area (Å²) in [5, 5.41) is 11.3. The molecule has 0 atom stereocenters. The van der Waals surface area contributed by atoms with Gasteiger partial charge in [-0.25, -0.2) is 0 Å². The van der Waals surface area contributed by atoms with E-state index >= 15 is 0 Å². The van der Waals surface area contributed by atoms with E-state index in [4.69, 9.17) is 11.6 Å². The quantitative estimate of drug-likeness (QED) is 0.628. The van der Waals surface area contributed by atoms with Crippen molar-refractivity contribution in [3.05, 3.63) is 59.4 Å². The molecular formula is C20H22ClN5O. The highest BCUT2D eigenvalue weighted by molar-refractivity contribution is 6.30. The second kappa shape index (κ2) is 7.88. The number of hydrogen-bond acceptors (Lipinski definition) is 3. The number of H-pyrrole nitrogens is 2. The molecule has 0 aliphatic carbocycles. The Morgan fingerprint density at radius 1 is 1.22 bits per heavy atom. The van der Waals surface area contributed by atoms with E-state index in [0.29, 0.717) is 18.2 Å². The summed E-state index contributed by atoms with van der Waals surface area (Å²) in [4.78, 5) is 17.2. The second-order valence-electron chi connectivity index (χ2n) is 6.87. The molecule has 1 amide bonds. The van der Waals surface area contributed by atoms with Gasteiger partial charge in [0.25, 0.3) is 5.91 Å². The van der Waals surface area contributed by atoms with E-state index in [1.54, 1.807) is 12.3 Å². The lowest BCUT2D eigenvalue weighted by Gasteiger charge is -2.32. The Kier molecular flexibility index (Phi) is 5.16. The van der Waals surface area contributed by atoms with Gasteiger partial charge in [-0.2, -0.15) is 5.10 Å². The number of piperidine rings is 1. The minimum atomic E-state index is -0.0395. The number of anilines is 1. The fourth-order valence-electron chi connectivity index (χ4n) is 3.42. The van der Waals surface area contributed by atoms with Gasteiger partial charge in [-0.05, 0) is 48.6 Å². The zero-order chi connectivity index (χ0) is 18.6. The van der Waals surface area contributed by atoms with Crippen LogP contribution in [0.15, 0.2) is 48.7 Å². The zero-order valence-electron chi connectivity index (χ0n) is 14.9. The number of halogens is 1. The van der Waals surface area contributed by atoms with Gasteiger partial charge < -0.3 is 15.2 Å². The maximum atomic E-state index is 12.0. The number of rotatable bonds is 5. The average Bonchev–Trinajstić information content (AvgIpc) is 3.39. The number of amides is 1. The van der Waals surface area contributed by atoms with Crippen molar-refractivity contribution in [2.75, 3.05) is 24.5 Å². The topological polar surface area (TPSA) is 76.8 Å². The van der Waals surface area contributed by atoms with Crippen LogP contribution < -0.4 is 10.2 Å². The molecule has 1 fully saturated rings. The molecule has 3 heterocycles. The standard InChI is InChI=1S/C20H22ClN5O/c21-16-5-3-15(4-6-16)18-12-19(25-24-18)26-10-7-14(8-11-26)13-23-20(27)17-2-1-9-22-17/h1-6,9,12,14,22H,7-8,10-11,13H2,(H,23,27)(H,24,25). The number of aromatic amines is 2. The molecule has 0 spiro atoms. The molecule has 3 aromatic rings. The minimum Gasteiger partial charge on any atom is -0.357 e. The third kappa shape index (κ3) is 4.17. The van der Waals surface area contributed by atoms with Gasteiger partial charge in [0.05, 0.1) is 5.69 Å². The van der Waals surface area contributed by atoms with E-state index in [2.05, 4.69) is 31.5 Å². The molecule has 0 saturated carbocycles. The Morgan fingerprint density at radius 3 is 2.70 bits per heavy atom. The molecule has 1 saturated heterocycles. The molecule has 1 aliphatic heterocycles. The Hall–Kier alpha value is -2.73. The Balaban J connectivity index is 1.29. The van der Waals surface area contributed by atoms with Gasteiger partial charge in [0.15, 0.2) is 5.82 Å². The Morgan fingerprint density at radius 2 is 2.00 bits per heavy atom. The molecule has 140 valence electrons. The lowest BCUT2D eigenvalue weighted by molar-refractivity contribution is 0.0940. The molecule has 4 rings (SSSR count). The molecule has 1 aromatic carbocycles. The summed E-state index contributed by atoms with van der Waals surface area (Å²) in [6, 6.07) is 13.4. The minimum absolute atomic E-state index is 0.0395. The van der Waals surface area contributed by atoms with Crippen molar-refractivity contribution in [1.82, 2.24) is 20.5 Å². The smallest absolute Gasteiger partial charge is 0.267 e. The fourth-order valence-corrected chi connectivity index (χ4v) is 3.55. The van der Waals surface area contributed by atoms with Crippen LogP contribution in [0.3, 0.4) is 0 Å². The highest BCUT2D eigenvalue weighted by Crippen LogP contribution is 2.26. The highest BCUT2D eigenvalue weighted by atomic mass is 35.5. The summed E-state index contributed by atoms with van der Waals surface area (Å²) in [6.07, 6.45) is 3.83. The van der Waals surface area contributed by atoms with Gasteiger partial charge in [-0.1, -0.05) is 23.7 Å². The van der Waals surface area contributed by atoms with E-state index in [1.165, 1.54) is 0 Å². The largest absolute Gasteiger partial charge is 0.357 e. The number of nitrogens with zero attached hydrogens (tertiary/aromatic N) is 2. The first kappa shape index (κ1) is 17.7. The van der Waals surface area contributed by atoms with Crippen molar-refractivity contribution in [3.8, 4) is 11.3 Å². The summed E-state index contributed by atoms with van der Waals surface area (Å²) in [5.74, 6) is 1.42. The Labute approximate surface area is 162 Å². The number of aromatic nitrogens is 3. The summed E-state index contributed by atoms with van der Waals surface area (Å²) >= 11 is 5.95. The van der Waals surface area contributed by atoms with E-state index < -0.39 is 0 Å². The number of carbonyl (C=O) groups excluding carboxylic acids is 1. The van der Waals surface area contributed by atoms with Crippen molar-refractivity contribution in [3.63, 3.8) is 0 Å². The van der Waals surface area contributed by atoms with Gasteiger partial charge in [-0.3, -0.25) is 9.89 Å². The molecular weight excluding hydrogens is 362 g/mol. The van der Waals surface area contributed by atoms with Crippen LogP contribution in [0.4, 0.5) is 5.82 Å². The summed E-state index contributed by atoms with van der Waals surface area (Å²) in [7, 11) is 0. The Bertz CT molecular complexity index is 880. The number of carbonyl (C=O) groups is 1. The SMILES string of the molecule is O=C(NCC1CCN(c2cc(-c3ccc(Cl)cc3)[nH]n2)CC1)c1ccc[nH]1. The van der Waals surface area contributed by atoms with Gasteiger partial charge in [-0.15, -0.1) is 0 Å². The average molecular weight is 384 g/mol. The zero-order valence-corrected chi connectivity index (χ0v) is 15.7. The van der Waals surface area contributed by atoms with E-state index in [-0.39, 0.29) is 5.91 Å². The first-order chi connectivity index (χ1) is 13.2. The van der Waals surface area contributed by atoms with Crippen LogP contribution in [0, 0.1) is 5.92 Å². The van der Waals surface area contributed by atoms with Gasteiger partial charge >= 0.3 is 0 Å². The van der Waals surface area contributed by atoms with Crippen LogP contribution in [0.5, 0.6) is 0 Å².